The van der Waals surface area contributed by atoms with Crippen LogP contribution in [-0.2, 0) is 10.1 Å². The molecule has 0 amide bonds. The van der Waals surface area contributed by atoms with Gasteiger partial charge in [-0.2, -0.15) is 8.42 Å². The summed E-state index contributed by atoms with van der Waals surface area (Å²) in [6, 6.07) is 0. The fraction of sp³-hybridized carbons (Fsp3) is 0.667. The molecule has 0 spiro atoms. The second kappa shape index (κ2) is 4.00. The minimum absolute atomic E-state index is 0. The molecule has 0 aliphatic heterocycles. The van der Waals surface area contributed by atoms with E-state index in [4.69, 9.17) is 4.55 Å². The van der Waals surface area contributed by atoms with E-state index in [9.17, 15) is 8.42 Å². The maximum atomic E-state index is 10.6. The molecule has 3 nitrogen and oxygen atoms in total. The summed E-state index contributed by atoms with van der Waals surface area (Å²) >= 11 is 0. The van der Waals surface area contributed by atoms with Crippen molar-refractivity contribution in [2.45, 2.75) is 24.0 Å². The van der Waals surface area contributed by atoms with Gasteiger partial charge in [0.25, 0.3) is 10.1 Å². The Kier molecular flexibility index (Phi) is 4.46. The van der Waals surface area contributed by atoms with Crippen molar-refractivity contribution >= 4 is 61.5 Å². The van der Waals surface area contributed by atoms with Crippen molar-refractivity contribution in [1.82, 2.24) is 0 Å². The molecule has 1 N–H and O–H groups in total. The predicted molar refractivity (Wildman–Crippen MR) is 45.5 cm³/mol. The Balaban J connectivity index is 0.000001000. The van der Waals surface area contributed by atoms with Crippen molar-refractivity contribution in [3.63, 3.8) is 0 Å². The Morgan fingerprint density at radius 2 is 2.00 bits per heavy atom. The number of allylic oxidation sites excluding steroid dienone is 1. The zero-order valence-corrected chi connectivity index (χ0v) is 6.39. The van der Waals surface area contributed by atoms with Crippen LogP contribution in [-0.4, -0.2) is 69.1 Å². The average Bonchev–Trinajstić information content (AvgIpc) is 2.45. The van der Waals surface area contributed by atoms with E-state index in [1.54, 1.807) is 0 Å². The topological polar surface area (TPSA) is 54.4 Å². The van der Waals surface area contributed by atoms with E-state index in [2.05, 4.69) is 6.58 Å². The van der Waals surface area contributed by atoms with Gasteiger partial charge in [0.2, 0.25) is 0 Å². The molecule has 0 atom stereocenters. The van der Waals surface area contributed by atoms with E-state index in [1.165, 1.54) is 6.08 Å². The summed E-state index contributed by atoms with van der Waals surface area (Å²) in [5.74, 6) is 0. The van der Waals surface area contributed by atoms with Gasteiger partial charge in [0.15, 0.2) is 0 Å². The Morgan fingerprint density at radius 1 is 1.55 bits per heavy atom. The van der Waals surface area contributed by atoms with Gasteiger partial charge < -0.3 is 0 Å². The zero-order valence-electron chi connectivity index (χ0n) is 5.58. The van der Waals surface area contributed by atoms with Crippen molar-refractivity contribution < 1.29 is 13.0 Å². The van der Waals surface area contributed by atoms with E-state index in [-0.39, 0.29) is 51.4 Å². The second-order valence-electron chi connectivity index (χ2n) is 2.65. The molecule has 1 aliphatic carbocycles. The molecule has 0 radical (unpaired) electrons. The van der Waals surface area contributed by atoms with Gasteiger partial charge in [-0.1, -0.05) is 6.08 Å². The average molecular weight is 202 g/mol. The maximum absolute atomic E-state index is 10.6. The van der Waals surface area contributed by atoms with E-state index >= 15 is 0 Å². The molecular weight excluding hydrogens is 191 g/mol. The van der Waals surface area contributed by atoms with Crippen LogP contribution in [0.15, 0.2) is 12.7 Å². The van der Waals surface area contributed by atoms with Crippen LogP contribution in [0.1, 0.15) is 19.3 Å². The van der Waals surface area contributed by atoms with E-state index in [0.717, 1.165) is 0 Å². The molecule has 1 fully saturated rings. The van der Waals surface area contributed by atoms with Crippen molar-refractivity contribution in [3.8, 4) is 0 Å². The predicted octanol–water partition coefficient (Wildman–Crippen LogP) is 0.334. The van der Waals surface area contributed by atoms with Gasteiger partial charge in [-0.15, -0.1) is 6.58 Å². The van der Waals surface area contributed by atoms with Crippen LogP contribution in [0, 0.1) is 0 Å². The van der Waals surface area contributed by atoms with Crippen LogP contribution < -0.4 is 0 Å². The van der Waals surface area contributed by atoms with Crippen LogP contribution in [0.3, 0.4) is 0 Å². The van der Waals surface area contributed by atoms with Crippen LogP contribution in [0.4, 0.5) is 0 Å². The summed E-state index contributed by atoms with van der Waals surface area (Å²) in [6.07, 6.45) is 3.03. The molecule has 1 aliphatic rings. The molecule has 0 aromatic carbocycles. The Bertz CT molecular complexity index is 241. The summed E-state index contributed by atoms with van der Waals surface area (Å²) in [4.78, 5) is 0. The summed E-state index contributed by atoms with van der Waals surface area (Å²) in [5.41, 5.74) is 0. The molecule has 5 heteroatoms. The number of hydrogen-bond acceptors (Lipinski definition) is 2. The fourth-order valence-electron chi connectivity index (χ4n) is 0.970. The normalized spacial score (nSPS) is 20.1. The first-order valence-corrected chi connectivity index (χ1v) is 4.54. The van der Waals surface area contributed by atoms with Crippen molar-refractivity contribution in [1.29, 1.82) is 0 Å². The molecule has 11 heavy (non-hydrogen) atoms. The molecule has 0 unspecified atom stereocenters. The molecular formula is C6H11KO3S. The number of hydrogen-bond donors (Lipinski definition) is 1. The first kappa shape index (κ1) is 12.3. The van der Waals surface area contributed by atoms with Gasteiger partial charge in [0, 0.05) is 0 Å². The third-order valence-corrected chi connectivity index (χ3v) is 3.54. The first-order valence-electron chi connectivity index (χ1n) is 3.10. The van der Waals surface area contributed by atoms with Crippen LogP contribution in [0.2, 0.25) is 0 Å². The molecule has 0 saturated heterocycles. The van der Waals surface area contributed by atoms with E-state index in [1.807, 2.05) is 0 Å². The van der Waals surface area contributed by atoms with Crippen molar-refractivity contribution in [3.05, 3.63) is 12.7 Å². The van der Waals surface area contributed by atoms with Crippen LogP contribution in [0.25, 0.3) is 0 Å². The van der Waals surface area contributed by atoms with Gasteiger partial charge in [-0.3, -0.25) is 4.55 Å². The molecule has 0 aromatic heterocycles. The van der Waals surface area contributed by atoms with E-state index in [0.29, 0.717) is 19.3 Å². The molecule has 0 bridgehead atoms. The van der Waals surface area contributed by atoms with Gasteiger partial charge in [-0.05, 0) is 19.3 Å². The third-order valence-electron chi connectivity index (χ3n) is 1.87. The minimum atomic E-state index is -3.82. The summed E-state index contributed by atoms with van der Waals surface area (Å²) < 4.78 is 29.0. The Hall–Kier alpha value is 1.29. The number of rotatable bonds is 3. The Labute approximate surface area is 109 Å². The van der Waals surface area contributed by atoms with Gasteiger partial charge >= 0.3 is 51.4 Å². The van der Waals surface area contributed by atoms with Crippen molar-refractivity contribution in [2.24, 2.45) is 0 Å². The van der Waals surface area contributed by atoms with Gasteiger partial charge in [0.1, 0.15) is 4.75 Å². The fourth-order valence-corrected chi connectivity index (χ4v) is 1.92. The van der Waals surface area contributed by atoms with E-state index < -0.39 is 14.9 Å². The quantitative estimate of drug-likeness (QED) is 0.408. The summed E-state index contributed by atoms with van der Waals surface area (Å²) in [6.45, 7) is 3.42. The summed E-state index contributed by atoms with van der Waals surface area (Å²) in [5, 5.41) is 0. The van der Waals surface area contributed by atoms with Crippen LogP contribution in [0.5, 0.6) is 0 Å². The standard InChI is InChI=1S/C6H10O3S.K.H/c1-2-3-6(4-5-6)10(7,8)9;;/h2H,1,3-5H2,(H,7,8,9);;. The second-order valence-corrected chi connectivity index (χ2v) is 4.47. The third kappa shape index (κ3) is 2.62. The molecule has 1 saturated carbocycles. The first-order chi connectivity index (χ1) is 4.52. The molecule has 0 aromatic rings. The van der Waals surface area contributed by atoms with Gasteiger partial charge in [0.05, 0.1) is 0 Å². The SMILES string of the molecule is C=CCC1(S(=O)(=O)O)CC1.[KH]. The Morgan fingerprint density at radius 3 is 2.09 bits per heavy atom. The van der Waals surface area contributed by atoms with Crippen LogP contribution >= 0.6 is 0 Å². The molecule has 1 rings (SSSR count). The molecule has 0 heterocycles. The van der Waals surface area contributed by atoms with Crippen molar-refractivity contribution in [2.75, 3.05) is 0 Å². The monoisotopic (exact) mass is 202 g/mol. The van der Waals surface area contributed by atoms with Gasteiger partial charge in [-0.25, -0.2) is 0 Å². The molecule has 60 valence electrons. The summed E-state index contributed by atoms with van der Waals surface area (Å²) in [7, 11) is -3.82. The zero-order chi connectivity index (χ0) is 7.83.